The minimum absolute atomic E-state index is 0.0272. The maximum Gasteiger partial charge on any atom is 0.335 e. The molecule has 1 saturated heterocycles. The Morgan fingerprint density at radius 1 is 1.15 bits per heavy atom. The van der Waals surface area contributed by atoms with Gasteiger partial charge in [0.15, 0.2) is 0 Å². The average molecular weight is 663 g/mol. The molecule has 4 heterocycles. The van der Waals surface area contributed by atoms with Crippen LogP contribution in [0.15, 0.2) is 54.7 Å². The predicted molar refractivity (Wildman–Crippen MR) is 164 cm³/mol. The normalized spacial score (nSPS) is 16.5. The van der Waals surface area contributed by atoms with E-state index in [1.54, 1.807) is 18.2 Å². The van der Waals surface area contributed by atoms with E-state index >= 15 is 8.78 Å². The van der Waals surface area contributed by atoms with E-state index in [0.717, 1.165) is 18.6 Å². The molecule has 13 heteroatoms. The number of aromatic nitrogens is 4. The molecule has 47 heavy (non-hydrogen) atoms. The first-order chi connectivity index (χ1) is 22.7. The molecular weight excluding hydrogens is 636 g/mol. The Morgan fingerprint density at radius 3 is 2.70 bits per heavy atom. The molecule has 0 unspecified atom stereocenters. The van der Waals surface area contributed by atoms with Crippen molar-refractivity contribution in [1.29, 1.82) is 0 Å². The number of ether oxygens (including phenoxy) is 2. The van der Waals surface area contributed by atoms with Crippen LogP contribution in [0.25, 0.3) is 22.3 Å². The van der Waals surface area contributed by atoms with Gasteiger partial charge in [-0.1, -0.05) is 17.9 Å². The van der Waals surface area contributed by atoms with Crippen molar-refractivity contribution in [2.45, 2.75) is 51.4 Å². The van der Waals surface area contributed by atoms with E-state index in [1.807, 2.05) is 4.57 Å². The number of carboxylic acids is 1. The highest BCUT2D eigenvalue weighted by atomic mass is 32.1. The van der Waals surface area contributed by atoms with Crippen molar-refractivity contribution in [3.63, 3.8) is 0 Å². The van der Waals surface area contributed by atoms with Gasteiger partial charge >= 0.3 is 5.97 Å². The Balaban J connectivity index is 1.08. The molecule has 0 amide bonds. The molecule has 1 aliphatic carbocycles. The van der Waals surface area contributed by atoms with Gasteiger partial charge in [0.1, 0.15) is 29.1 Å². The summed E-state index contributed by atoms with van der Waals surface area (Å²) in [4.78, 5) is 25.3. The molecule has 0 bridgehead atoms. The van der Waals surface area contributed by atoms with Crippen LogP contribution in [-0.4, -0.2) is 49.7 Å². The third-order valence-corrected chi connectivity index (χ3v) is 9.16. The zero-order chi connectivity index (χ0) is 32.7. The molecule has 1 saturated carbocycles. The lowest BCUT2D eigenvalue weighted by Crippen LogP contribution is -2.31. The van der Waals surface area contributed by atoms with Gasteiger partial charge in [0, 0.05) is 24.7 Å². The maximum atomic E-state index is 15.5. The average Bonchev–Trinajstić information content (AvgIpc) is 3.57. The molecule has 0 radical (unpaired) electrons. The van der Waals surface area contributed by atoms with Gasteiger partial charge in [0.25, 0.3) is 6.43 Å². The summed E-state index contributed by atoms with van der Waals surface area (Å²) in [5.41, 5.74) is 0.199. The summed E-state index contributed by atoms with van der Waals surface area (Å²) in [5, 5.41) is 10.0. The maximum absolute atomic E-state index is 15.5. The molecule has 5 aromatic rings. The molecular formula is C34H26F4N4O4S. The second kappa shape index (κ2) is 12.4. The fourth-order valence-electron chi connectivity index (χ4n) is 5.30. The highest BCUT2D eigenvalue weighted by Gasteiger charge is 2.50. The summed E-state index contributed by atoms with van der Waals surface area (Å²) >= 11 is 1.22. The number of imidazole rings is 1. The minimum atomic E-state index is -2.48. The van der Waals surface area contributed by atoms with Crippen molar-refractivity contribution in [2.24, 2.45) is 5.41 Å². The van der Waals surface area contributed by atoms with Gasteiger partial charge in [-0.3, -0.25) is 0 Å². The number of carbonyl (C=O) groups is 1. The summed E-state index contributed by atoms with van der Waals surface area (Å²) in [6, 6.07) is 11.5. The zero-order valence-electron chi connectivity index (χ0n) is 24.7. The second-order valence-corrected chi connectivity index (χ2v) is 12.6. The molecule has 1 atom stereocenters. The molecule has 240 valence electrons. The molecule has 8 nitrogen and oxygen atoms in total. The third-order valence-electron chi connectivity index (χ3n) is 8.28. The van der Waals surface area contributed by atoms with Gasteiger partial charge in [0.05, 0.1) is 51.4 Å². The number of rotatable bonds is 10. The van der Waals surface area contributed by atoms with E-state index in [0.29, 0.717) is 52.7 Å². The number of aromatic carboxylic acids is 1. The first kappa shape index (κ1) is 30.8. The molecule has 2 fully saturated rings. The number of pyridine rings is 1. The highest BCUT2D eigenvalue weighted by Crippen LogP contribution is 2.50. The third kappa shape index (κ3) is 6.43. The van der Waals surface area contributed by atoms with Crippen LogP contribution in [0.5, 0.6) is 5.88 Å². The Labute approximate surface area is 270 Å². The molecule has 7 rings (SSSR count). The molecule has 1 aliphatic heterocycles. The number of carboxylic acid groups (broad SMARTS) is 1. The first-order valence-corrected chi connectivity index (χ1v) is 15.7. The number of alkyl halides is 2. The second-order valence-electron chi connectivity index (χ2n) is 11.5. The van der Waals surface area contributed by atoms with Crippen LogP contribution in [0.1, 0.15) is 50.9 Å². The van der Waals surface area contributed by atoms with Crippen LogP contribution < -0.4 is 4.74 Å². The molecule has 3 aromatic heterocycles. The van der Waals surface area contributed by atoms with Gasteiger partial charge in [-0.2, -0.15) is 0 Å². The van der Waals surface area contributed by atoms with E-state index in [2.05, 4.69) is 26.8 Å². The van der Waals surface area contributed by atoms with Crippen molar-refractivity contribution >= 4 is 28.3 Å². The SMILES string of the molecule is O=C(O)c1ccc2nc(Cc3cc(F)c(-c4cccc(OCc5ncc(C#CC6(C(F)F)CC6)s5)n4)cc3F)n(C[C@@H]3CCO3)c2c1. The van der Waals surface area contributed by atoms with Crippen LogP contribution in [0, 0.1) is 28.9 Å². The summed E-state index contributed by atoms with van der Waals surface area (Å²) < 4.78 is 70.4. The van der Waals surface area contributed by atoms with E-state index < -0.39 is 29.4 Å². The fourth-order valence-corrected chi connectivity index (χ4v) is 5.99. The van der Waals surface area contributed by atoms with E-state index in [1.165, 1.54) is 35.7 Å². The summed E-state index contributed by atoms with van der Waals surface area (Å²) in [5.74, 6) is 3.65. The van der Waals surface area contributed by atoms with Crippen LogP contribution in [0.4, 0.5) is 17.6 Å². The lowest BCUT2D eigenvalue weighted by atomic mass is 10.0. The Hall–Kier alpha value is -4.80. The Morgan fingerprint density at radius 2 is 1.98 bits per heavy atom. The van der Waals surface area contributed by atoms with E-state index in [4.69, 9.17) is 9.47 Å². The number of benzene rings is 2. The van der Waals surface area contributed by atoms with Gasteiger partial charge in [-0.05, 0) is 61.2 Å². The fraction of sp³-hybridized carbons (Fsp3) is 0.294. The minimum Gasteiger partial charge on any atom is -0.478 e. The predicted octanol–water partition coefficient (Wildman–Crippen LogP) is 6.89. The van der Waals surface area contributed by atoms with Gasteiger partial charge in [0.2, 0.25) is 5.88 Å². The number of hydrogen-bond acceptors (Lipinski definition) is 7. The Bertz CT molecular complexity index is 2060. The van der Waals surface area contributed by atoms with E-state index in [9.17, 15) is 18.7 Å². The molecule has 1 N–H and O–H groups in total. The van der Waals surface area contributed by atoms with Gasteiger partial charge in [-0.15, -0.1) is 11.3 Å². The standard InChI is InChI=1S/C34H26F4N4O4S/c35-24-15-23(26-2-1-3-30(41-26)46-18-31-39-16-22(47-31)6-8-34(9-10-34)33(37)38)25(36)12-20(24)14-29-40-27-5-4-19(32(43)44)13-28(27)42(29)17-21-7-11-45-21/h1-5,12-13,15-16,21,33H,7,9-11,14,17-18H2,(H,43,44)/t21-/m0/s1. The van der Waals surface area contributed by atoms with Crippen LogP contribution in [0.3, 0.4) is 0 Å². The molecule has 2 aliphatic rings. The van der Waals surface area contributed by atoms with Crippen molar-refractivity contribution in [1.82, 2.24) is 19.5 Å². The van der Waals surface area contributed by atoms with Crippen molar-refractivity contribution in [3.05, 3.63) is 93.2 Å². The summed E-state index contributed by atoms with van der Waals surface area (Å²) in [7, 11) is 0. The van der Waals surface area contributed by atoms with Crippen molar-refractivity contribution in [3.8, 4) is 29.0 Å². The largest absolute Gasteiger partial charge is 0.478 e. The Kier molecular flexibility index (Phi) is 8.15. The smallest absolute Gasteiger partial charge is 0.335 e. The number of halogens is 4. The quantitative estimate of drug-likeness (QED) is 0.129. The number of thiazole rings is 1. The van der Waals surface area contributed by atoms with Gasteiger partial charge in [-0.25, -0.2) is 37.3 Å². The monoisotopic (exact) mass is 662 g/mol. The van der Waals surface area contributed by atoms with Crippen LogP contribution in [0.2, 0.25) is 0 Å². The first-order valence-electron chi connectivity index (χ1n) is 14.9. The van der Waals surface area contributed by atoms with Crippen LogP contribution >= 0.6 is 11.3 Å². The zero-order valence-corrected chi connectivity index (χ0v) is 25.5. The number of fused-ring (bicyclic) bond motifs is 1. The van der Waals surface area contributed by atoms with Gasteiger partial charge < -0.3 is 19.1 Å². The lowest BCUT2D eigenvalue weighted by Gasteiger charge is -2.27. The van der Waals surface area contributed by atoms with Crippen molar-refractivity contribution < 1.29 is 36.9 Å². The molecule has 0 spiro atoms. The topological polar surface area (TPSA) is 99.4 Å². The van der Waals surface area contributed by atoms with E-state index in [-0.39, 0.29) is 47.4 Å². The van der Waals surface area contributed by atoms with Crippen molar-refractivity contribution in [2.75, 3.05) is 6.61 Å². The molecule has 2 aromatic carbocycles. The highest BCUT2D eigenvalue weighted by molar-refractivity contribution is 7.12. The number of hydrogen-bond donors (Lipinski definition) is 1. The summed E-state index contributed by atoms with van der Waals surface area (Å²) in [6.45, 7) is 1.06. The van der Waals surface area contributed by atoms with Crippen LogP contribution in [-0.2, 0) is 24.3 Å². The summed E-state index contributed by atoms with van der Waals surface area (Å²) in [6.07, 6.45) is 0.515. The number of nitrogens with zero attached hydrogens (tertiary/aromatic N) is 4. The lowest BCUT2D eigenvalue weighted by molar-refractivity contribution is -0.0589.